The molecule has 3 aromatic carbocycles. The van der Waals surface area contributed by atoms with Crippen LogP contribution in [0, 0.1) is 0 Å². The molecule has 102 valence electrons. The van der Waals surface area contributed by atoms with Crippen LogP contribution < -0.4 is 0 Å². The molecule has 0 spiro atoms. The van der Waals surface area contributed by atoms with Crippen molar-refractivity contribution in [3.8, 4) is 22.3 Å². The Hall–Kier alpha value is -2.05. The SMILES string of the molecule is ClCc1ccccc1-c1cccc2c1Cc1ccccc1-2. The summed E-state index contributed by atoms with van der Waals surface area (Å²) in [5.74, 6) is 0.548. The molecule has 21 heavy (non-hydrogen) atoms. The lowest BCUT2D eigenvalue weighted by molar-refractivity contribution is 1.26. The van der Waals surface area contributed by atoms with E-state index in [1.165, 1.54) is 38.9 Å². The molecule has 1 aliphatic rings. The third kappa shape index (κ3) is 1.99. The maximum absolute atomic E-state index is 6.12. The van der Waals surface area contributed by atoms with Crippen molar-refractivity contribution in [2.24, 2.45) is 0 Å². The first kappa shape index (κ1) is 12.7. The number of hydrogen-bond acceptors (Lipinski definition) is 0. The smallest absolute Gasteiger partial charge is 0.0480 e. The van der Waals surface area contributed by atoms with Crippen LogP contribution >= 0.6 is 11.6 Å². The van der Waals surface area contributed by atoms with Crippen LogP contribution in [0.3, 0.4) is 0 Å². The van der Waals surface area contributed by atoms with E-state index in [1.54, 1.807) is 0 Å². The first-order valence-corrected chi connectivity index (χ1v) is 7.76. The fourth-order valence-electron chi connectivity index (χ4n) is 3.31. The maximum atomic E-state index is 6.12. The van der Waals surface area contributed by atoms with E-state index < -0.39 is 0 Å². The van der Waals surface area contributed by atoms with Gasteiger partial charge in [-0.2, -0.15) is 0 Å². The van der Waals surface area contributed by atoms with Gasteiger partial charge in [0.05, 0.1) is 0 Å². The monoisotopic (exact) mass is 290 g/mol. The molecule has 1 aliphatic carbocycles. The molecule has 0 atom stereocenters. The molecule has 0 heterocycles. The normalized spacial score (nSPS) is 12.0. The van der Waals surface area contributed by atoms with Crippen LogP contribution in [-0.4, -0.2) is 0 Å². The molecule has 0 saturated heterocycles. The number of hydrogen-bond donors (Lipinski definition) is 0. The molecule has 0 nitrogen and oxygen atoms in total. The quantitative estimate of drug-likeness (QED) is 0.418. The van der Waals surface area contributed by atoms with Gasteiger partial charge in [-0.3, -0.25) is 0 Å². The van der Waals surface area contributed by atoms with Crippen molar-refractivity contribution in [2.75, 3.05) is 0 Å². The van der Waals surface area contributed by atoms with E-state index >= 15 is 0 Å². The Morgan fingerprint density at radius 3 is 2.10 bits per heavy atom. The Morgan fingerprint density at radius 1 is 0.667 bits per heavy atom. The molecule has 1 heteroatoms. The molecule has 0 aliphatic heterocycles. The highest BCUT2D eigenvalue weighted by atomic mass is 35.5. The van der Waals surface area contributed by atoms with Crippen molar-refractivity contribution < 1.29 is 0 Å². The Bertz CT molecular complexity index is 818. The van der Waals surface area contributed by atoms with Crippen LogP contribution in [0.4, 0.5) is 0 Å². The summed E-state index contributed by atoms with van der Waals surface area (Å²) < 4.78 is 0. The molecule has 0 amide bonds. The van der Waals surface area contributed by atoms with Crippen molar-refractivity contribution in [3.05, 3.63) is 83.4 Å². The lowest BCUT2D eigenvalue weighted by atomic mass is 9.93. The predicted molar refractivity (Wildman–Crippen MR) is 89.7 cm³/mol. The highest BCUT2D eigenvalue weighted by Gasteiger charge is 2.21. The number of halogens is 1. The Kier molecular flexibility index (Phi) is 3.05. The number of alkyl halides is 1. The standard InChI is InChI=1S/C20H15Cl/c21-13-15-7-2-4-9-17(15)19-11-5-10-18-16-8-3-1-6-14(16)12-20(18)19/h1-11H,12-13H2. The molecule has 0 radical (unpaired) electrons. The van der Waals surface area contributed by atoms with Gasteiger partial charge in [0.1, 0.15) is 0 Å². The zero-order valence-electron chi connectivity index (χ0n) is 11.6. The van der Waals surface area contributed by atoms with Crippen molar-refractivity contribution in [3.63, 3.8) is 0 Å². The zero-order valence-corrected chi connectivity index (χ0v) is 12.4. The number of benzene rings is 3. The summed E-state index contributed by atoms with van der Waals surface area (Å²) in [6, 6.07) is 23.7. The molecule has 0 saturated carbocycles. The summed E-state index contributed by atoms with van der Waals surface area (Å²) >= 11 is 6.12. The van der Waals surface area contributed by atoms with E-state index in [-0.39, 0.29) is 0 Å². The van der Waals surface area contributed by atoms with E-state index in [0.29, 0.717) is 5.88 Å². The summed E-state index contributed by atoms with van der Waals surface area (Å²) in [6.07, 6.45) is 1.01. The summed E-state index contributed by atoms with van der Waals surface area (Å²) in [5, 5.41) is 0. The van der Waals surface area contributed by atoms with Gasteiger partial charge in [-0.05, 0) is 45.4 Å². The lowest BCUT2D eigenvalue weighted by Crippen LogP contribution is -1.91. The van der Waals surface area contributed by atoms with Crippen molar-refractivity contribution in [1.29, 1.82) is 0 Å². The molecular weight excluding hydrogens is 276 g/mol. The minimum absolute atomic E-state index is 0.548. The van der Waals surface area contributed by atoms with E-state index in [9.17, 15) is 0 Å². The molecule has 3 aromatic rings. The van der Waals surface area contributed by atoms with E-state index in [0.717, 1.165) is 6.42 Å². The summed E-state index contributed by atoms with van der Waals surface area (Å²) in [4.78, 5) is 0. The first-order valence-electron chi connectivity index (χ1n) is 7.23. The Morgan fingerprint density at radius 2 is 1.29 bits per heavy atom. The van der Waals surface area contributed by atoms with E-state index in [2.05, 4.69) is 66.7 Å². The average Bonchev–Trinajstić information content (AvgIpc) is 2.93. The van der Waals surface area contributed by atoms with Crippen LogP contribution in [0.5, 0.6) is 0 Å². The Balaban J connectivity index is 1.94. The van der Waals surface area contributed by atoms with Gasteiger partial charge < -0.3 is 0 Å². The van der Waals surface area contributed by atoms with E-state index in [4.69, 9.17) is 11.6 Å². The second-order valence-corrected chi connectivity index (χ2v) is 5.72. The van der Waals surface area contributed by atoms with Gasteiger partial charge in [-0.1, -0.05) is 66.7 Å². The molecule has 0 fully saturated rings. The second-order valence-electron chi connectivity index (χ2n) is 5.46. The second kappa shape index (κ2) is 5.05. The van der Waals surface area contributed by atoms with Gasteiger partial charge in [0, 0.05) is 5.88 Å². The fourth-order valence-corrected chi connectivity index (χ4v) is 3.54. The van der Waals surface area contributed by atoms with Gasteiger partial charge in [-0.15, -0.1) is 11.6 Å². The minimum Gasteiger partial charge on any atom is -0.122 e. The number of rotatable bonds is 2. The highest BCUT2D eigenvalue weighted by molar-refractivity contribution is 6.17. The van der Waals surface area contributed by atoms with Gasteiger partial charge in [0.2, 0.25) is 0 Å². The summed E-state index contributed by atoms with van der Waals surface area (Å²) in [5.41, 5.74) is 9.37. The third-order valence-corrected chi connectivity index (χ3v) is 4.59. The van der Waals surface area contributed by atoms with Crippen molar-refractivity contribution >= 4 is 11.6 Å². The molecule has 0 N–H and O–H groups in total. The van der Waals surface area contributed by atoms with Crippen molar-refractivity contribution in [1.82, 2.24) is 0 Å². The molecule has 0 aromatic heterocycles. The molecule has 4 rings (SSSR count). The van der Waals surface area contributed by atoms with Crippen LogP contribution in [0.15, 0.2) is 66.7 Å². The van der Waals surface area contributed by atoms with Crippen molar-refractivity contribution in [2.45, 2.75) is 12.3 Å². The zero-order chi connectivity index (χ0) is 14.2. The molecule has 0 bridgehead atoms. The van der Waals surface area contributed by atoms with Crippen LogP contribution in [0.1, 0.15) is 16.7 Å². The average molecular weight is 291 g/mol. The molecular formula is C20H15Cl. The predicted octanol–water partition coefficient (Wildman–Crippen LogP) is 5.66. The summed E-state index contributed by atoms with van der Waals surface area (Å²) in [7, 11) is 0. The van der Waals surface area contributed by atoms with Gasteiger partial charge in [0.25, 0.3) is 0 Å². The van der Waals surface area contributed by atoms with E-state index in [1.807, 2.05) is 0 Å². The largest absolute Gasteiger partial charge is 0.122 e. The summed E-state index contributed by atoms with van der Waals surface area (Å²) in [6.45, 7) is 0. The van der Waals surface area contributed by atoms with Crippen LogP contribution in [0.2, 0.25) is 0 Å². The van der Waals surface area contributed by atoms with Gasteiger partial charge in [0.15, 0.2) is 0 Å². The van der Waals surface area contributed by atoms with Crippen LogP contribution in [-0.2, 0) is 12.3 Å². The topological polar surface area (TPSA) is 0 Å². The fraction of sp³-hybridized carbons (Fsp3) is 0.100. The van der Waals surface area contributed by atoms with Gasteiger partial charge in [-0.25, -0.2) is 0 Å². The van der Waals surface area contributed by atoms with Crippen LogP contribution in [0.25, 0.3) is 22.3 Å². The third-order valence-electron chi connectivity index (χ3n) is 4.30. The minimum atomic E-state index is 0.548. The maximum Gasteiger partial charge on any atom is 0.0480 e. The Labute approximate surface area is 130 Å². The number of fused-ring (bicyclic) bond motifs is 3. The highest BCUT2D eigenvalue weighted by Crippen LogP contribution is 2.42. The van der Waals surface area contributed by atoms with Gasteiger partial charge >= 0.3 is 0 Å². The first-order chi connectivity index (χ1) is 10.4. The lowest BCUT2D eigenvalue weighted by Gasteiger charge is -2.12. The molecule has 0 unspecified atom stereocenters.